The van der Waals surface area contributed by atoms with E-state index in [1.807, 2.05) is 0 Å². The molecule has 2 heterocycles. The molecule has 2 aromatic heterocycles. The smallest absolute Gasteiger partial charge is 0.337 e. The largest absolute Gasteiger partial charge is 0.468 e. The Labute approximate surface area is 170 Å². The van der Waals surface area contributed by atoms with Gasteiger partial charge in [-0.2, -0.15) is 4.99 Å². The SMILES string of the molecule is COC(=O)Cn1c(=NC(=O)c2ccc(Br)s2)sc2cc(C(=O)OC)ccc21. The van der Waals surface area contributed by atoms with E-state index in [9.17, 15) is 14.4 Å². The van der Waals surface area contributed by atoms with Crippen LogP contribution in [0.5, 0.6) is 0 Å². The van der Waals surface area contributed by atoms with Gasteiger partial charge >= 0.3 is 11.9 Å². The second-order valence-corrected chi connectivity index (χ2v) is 8.71. The zero-order valence-corrected chi connectivity index (χ0v) is 17.4. The molecule has 0 spiro atoms. The lowest BCUT2D eigenvalue weighted by Gasteiger charge is -2.04. The Balaban J connectivity index is 2.15. The minimum absolute atomic E-state index is 0.103. The fraction of sp³-hybridized carbons (Fsp3) is 0.176. The maximum absolute atomic E-state index is 12.5. The highest BCUT2D eigenvalue weighted by Gasteiger charge is 2.15. The van der Waals surface area contributed by atoms with Crippen molar-refractivity contribution in [2.75, 3.05) is 14.2 Å². The van der Waals surface area contributed by atoms with Gasteiger partial charge in [0.15, 0.2) is 4.80 Å². The molecule has 27 heavy (non-hydrogen) atoms. The third-order valence-corrected chi connectivity index (χ3v) is 6.25. The molecule has 0 bridgehead atoms. The molecule has 0 aliphatic rings. The summed E-state index contributed by atoms with van der Waals surface area (Å²) < 4.78 is 12.6. The van der Waals surface area contributed by atoms with Crippen LogP contribution < -0.4 is 4.80 Å². The second-order valence-electron chi connectivity index (χ2n) is 5.24. The van der Waals surface area contributed by atoms with Crippen LogP contribution in [0.25, 0.3) is 10.2 Å². The topological polar surface area (TPSA) is 87.0 Å². The van der Waals surface area contributed by atoms with Crippen LogP contribution >= 0.6 is 38.6 Å². The molecule has 0 aliphatic carbocycles. The molecule has 3 rings (SSSR count). The summed E-state index contributed by atoms with van der Waals surface area (Å²) in [6.45, 7) is -0.103. The fourth-order valence-electron chi connectivity index (χ4n) is 2.32. The first-order valence-electron chi connectivity index (χ1n) is 7.56. The standard InChI is InChI=1S/C17H13BrN2O5S2/c1-24-14(21)8-20-10-4-3-9(16(23)25-2)7-12(10)27-17(20)19-15(22)11-5-6-13(18)26-11/h3-7H,8H2,1-2H3. The number of hydrogen-bond donors (Lipinski definition) is 0. The minimum Gasteiger partial charge on any atom is -0.468 e. The van der Waals surface area contributed by atoms with Crippen LogP contribution in [0.1, 0.15) is 20.0 Å². The van der Waals surface area contributed by atoms with Crippen molar-refractivity contribution >= 4 is 66.7 Å². The molecule has 7 nitrogen and oxygen atoms in total. The molecule has 1 aromatic carbocycles. The van der Waals surface area contributed by atoms with Gasteiger partial charge in [-0.1, -0.05) is 11.3 Å². The summed E-state index contributed by atoms with van der Waals surface area (Å²) in [6, 6.07) is 8.37. The number of carbonyl (C=O) groups is 3. The predicted molar refractivity (Wildman–Crippen MR) is 105 cm³/mol. The lowest BCUT2D eigenvalue weighted by Crippen LogP contribution is -2.22. The van der Waals surface area contributed by atoms with Gasteiger partial charge < -0.3 is 14.0 Å². The quantitative estimate of drug-likeness (QED) is 0.548. The van der Waals surface area contributed by atoms with Gasteiger partial charge in [-0.15, -0.1) is 11.3 Å². The summed E-state index contributed by atoms with van der Waals surface area (Å²) in [5.41, 5.74) is 1.04. The van der Waals surface area contributed by atoms with Gasteiger partial charge in [-0.25, -0.2) is 4.79 Å². The van der Waals surface area contributed by atoms with Crippen molar-refractivity contribution in [3.05, 3.63) is 49.4 Å². The Morgan fingerprint density at radius 2 is 1.89 bits per heavy atom. The third kappa shape index (κ3) is 4.18. The summed E-state index contributed by atoms with van der Waals surface area (Å²) in [6.07, 6.45) is 0. The lowest BCUT2D eigenvalue weighted by atomic mass is 10.2. The van der Waals surface area contributed by atoms with E-state index in [4.69, 9.17) is 9.47 Å². The number of halogens is 1. The summed E-state index contributed by atoms with van der Waals surface area (Å²) in [4.78, 5) is 41.0. The lowest BCUT2D eigenvalue weighted by molar-refractivity contribution is -0.141. The van der Waals surface area contributed by atoms with E-state index >= 15 is 0 Å². The minimum atomic E-state index is -0.473. The van der Waals surface area contributed by atoms with Crippen LogP contribution in [0.4, 0.5) is 0 Å². The first kappa shape index (κ1) is 19.5. The monoisotopic (exact) mass is 468 g/mol. The summed E-state index contributed by atoms with van der Waals surface area (Å²) in [7, 11) is 2.59. The van der Waals surface area contributed by atoms with Gasteiger partial charge in [0.1, 0.15) is 6.54 Å². The van der Waals surface area contributed by atoms with Gasteiger partial charge in [0.2, 0.25) is 0 Å². The normalized spacial score (nSPS) is 11.6. The zero-order chi connectivity index (χ0) is 19.6. The number of carbonyl (C=O) groups excluding carboxylic acids is 3. The van der Waals surface area contributed by atoms with E-state index in [0.717, 1.165) is 3.79 Å². The van der Waals surface area contributed by atoms with Crippen LogP contribution in [0.15, 0.2) is 39.1 Å². The molecule has 3 aromatic rings. The van der Waals surface area contributed by atoms with E-state index in [1.165, 1.54) is 36.9 Å². The van der Waals surface area contributed by atoms with Crippen molar-refractivity contribution in [3.63, 3.8) is 0 Å². The molecule has 0 fully saturated rings. The van der Waals surface area contributed by atoms with E-state index in [-0.39, 0.29) is 6.54 Å². The molecule has 140 valence electrons. The van der Waals surface area contributed by atoms with E-state index < -0.39 is 17.8 Å². The number of rotatable bonds is 4. The van der Waals surface area contributed by atoms with Crippen LogP contribution in [0.2, 0.25) is 0 Å². The van der Waals surface area contributed by atoms with E-state index in [2.05, 4.69) is 20.9 Å². The average Bonchev–Trinajstić information content (AvgIpc) is 3.24. The van der Waals surface area contributed by atoms with Crippen LogP contribution in [-0.2, 0) is 20.8 Å². The van der Waals surface area contributed by atoms with Gasteiger partial charge in [0.05, 0.1) is 38.7 Å². The molecule has 0 saturated heterocycles. The Morgan fingerprint density at radius 3 is 2.52 bits per heavy atom. The highest BCUT2D eigenvalue weighted by molar-refractivity contribution is 9.11. The zero-order valence-electron chi connectivity index (χ0n) is 14.2. The average molecular weight is 469 g/mol. The molecule has 0 N–H and O–H groups in total. The van der Waals surface area contributed by atoms with Gasteiger partial charge in [-0.3, -0.25) is 9.59 Å². The number of amides is 1. The van der Waals surface area contributed by atoms with Gasteiger partial charge in [0, 0.05) is 0 Å². The van der Waals surface area contributed by atoms with Crippen molar-refractivity contribution in [1.82, 2.24) is 4.57 Å². The number of thiophene rings is 1. The molecule has 0 aliphatic heterocycles. The van der Waals surface area contributed by atoms with Gasteiger partial charge in [-0.05, 0) is 46.3 Å². The Kier molecular flexibility index (Phi) is 5.88. The number of methoxy groups -OCH3 is 2. The molecule has 0 unspecified atom stereocenters. The molecular weight excluding hydrogens is 456 g/mol. The first-order valence-corrected chi connectivity index (χ1v) is 9.98. The second kappa shape index (κ2) is 8.15. The highest BCUT2D eigenvalue weighted by Crippen LogP contribution is 2.23. The Bertz CT molecular complexity index is 1110. The highest BCUT2D eigenvalue weighted by atomic mass is 79.9. The molecule has 10 heteroatoms. The number of ether oxygens (including phenoxy) is 2. The fourth-order valence-corrected chi connectivity index (χ4v) is 4.66. The van der Waals surface area contributed by atoms with Crippen LogP contribution in [0.3, 0.4) is 0 Å². The molecular formula is C17H13BrN2O5S2. The number of aromatic nitrogens is 1. The van der Waals surface area contributed by atoms with Crippen molar-refractivity contribution in [1.29, 1.82) is 0 Å². The van der Waals surface area contributed by atoms with E-state index in [1.54, 1.807) is 34.9 Å². The first-order chi connectivity index (χ1) is 12.9. The van der Waals surface area contributed by atoms with Crippen LogP contribution in [-0.4, -0.2) is 36.6 Å². The molecule has 0 saturated carbocycles. The number of benzene rings is 1. The van der Waals surface area contributed by atoms with Crippen molar-refractivity contribution in [2.24, 2.45) is 4.99 Å². The molecule has 0 atom stereocenters. The van der Waals surface area contributed by atoms with Crippen molar-refractivity contribution < 1.29 is 23.9 Å². The third-order valence-electron chi connectivity index (χ3n) is 3.60. The van der Waals surface area contributed by atoms with Crippen molar-refractivity contribution in [3.8, 4) is 0 Å². The summed E-state index contributed by atoms with van der Waals surface area (Å²) in [5.74, 6) is -1.36. The number of thiazole rings is 1. The Hall–Kier alpha value is -2.30. The Morgan fingerprint density at radius 1 is 1.11 bits per heavy atom. The maximum Gasteiger partial charge on any atom is 0.337 e. The van der Waals surface area contributed by atoms with Crippen LogP contribution in [0, 0.1) is 0 Å². The molecule has 0 radical (unpaired) electrons. The number of esters is 2. The maximum atomic E-state index is 12.5. The predicted octanol–water partition coefficient (Wildman–Crippen LogP) is 3.23. The summed E-state index contributed by atoms with van der Waals surface area (Å²) >= 11 is 5.79. The summed E-state index contributed by atoms with van der Waals surface area (Å²) in [5, 5.41) is 0. The number of fused-ring (bicyclic) bond motifs is 1. The number of hydrogen-bond acceptors (Lipinski definition) is 7. The number of nitrogens with zero attached hydrogens (tertiary/aromatic N) is 2. The molecule has 1 amide bonds. The van der Waals surface area contributed by atoms with Gasteiger partial charge in [0.25, 0.3) is 5.91 Å². The van der Waals surface area contributed by atoms with Crippen molar-refractivity contribution in [2.45, 2.75) is 6.54 Å². The van der Waals surface area contributed by atoms with E-state index in [0.29, 0.717) is 25.5 Å².